The molecule has 0 amide bonds. The van der Waals surface area contributed by atoms with E-state index in [0.29, 0.717) is 18.5 Å². The van der Waals surface area contributed by atoms with Crippen LogP contribution in [0.25, 0.3) is 0 Å². The van der Waals surface area contributed by atoms with E-state index in [1.807, 2.05) is 0 Å². The third-order valence-electron chi connectivity index (χ3n) is 3.07. The van der Waals surface area contributed by atoms with Crippen LogP contribution < -0.4 is 4.74 Å². The molecule has 0 spiro atoms. The number of rotatable bonds is 6. The molecule has 6 heteroatoms. The first-order valence-electron chi connectivity index (χ1n) is 6.35. The first-order chi connectivity index (χ1) is 9.05. The molecular weight excluding hydrogens is 288 g/mol. The van der Waals surface area contributed by atoms with Crippen LogP contribution in [0.4, 0.5) is 0 Å². The van der Waals surface area contributed by atoms with Crippen molar-refractivity contribution in [2.45, 2.75) is 36.7 Å². The van der Waals surface area contributed by atoms with Gasteiger partial charge in [0.15, 0.2) is 0 Å². The summed E-state index contributed by atoms with van der Waals surface area (Å²) in [5, 5.41) is 0. The molecule has 0 saturated carbocycles. The van der Waals surface area contributed by atoms with E-state index in [9.17, 15) is 8.42 Å². The van der Waals surface area contributed by atoms with Gasteiger partial charge in [0.25, 0.3) is 9.05 Å². The molecule has 0 bridgehead atoms. The summed E-state index contributed by atoms with van der Waals surface area (Å²) < 4.78 is 33.2. The van der Waals surface area contributed by atoms with Gasteiger partial charge in [-0.3, -0.25) is 0 Å². The molecule has 0 N–H and O–H groups in total. The van der Waals surface area contributed by atoms with E-state index in [1.165, 1.54) is 12.1 Å². The van der Waals surface area contributed by atoms with Gasteiger partial charge in [0.2, 0.25) is 0 Å². The second-order valence-corrected chi connectivity index (χ2v) is 7.10. The van der Waals surface area contributed by atoms with Gasteiger partial charge in [-0.05, 0) is 49.9 Å². The Kier molecular flexibility index (Phi) is 5.07. The fourth-order valence-corrected chi connectivity index (χ4v) is 2.84. The molecule has 1 saturated heterocycles. The predicted octanol–water partition coefficient (Wildman–Crippen LogP) is 2.95. The highest BCUT2D eigenvalue weighted by atomic mass is 35.7. The van der Waals surface area contributed by atoms with Crippen LogP contribution >= 0.6 is 10.7 Å². The van der Waals surface area contributed by atoms with Crippen LogP contribution in [0.1, 0.15) is 25.7 Å². The van der Waals surface area contributed by atoms with Crippen molar-refractivity contribution in [1.29, 1.82) is 0 Å². The molecule has 1 aliphatic heterocycles. The van der Waals surface area contributed by atoms with Crippen LogP contribution in [0.15, 0.2) is 29.2 Å². The first-order valence-corrected chi connectivity index (χ1v) is 8.66. The smallest absolute Gasteiger partial charge is 0.261 e. The van der Waals surface area contributed by atoms with Crippen molar-refractivity contribution in [2.75, 3.05) is 13.2 Å². The molecular formula is C13H17ClO4S. The summed E-state index contributed by atoms with van der Waals surface area (Å²) in [7, 11) is 1.57. The van der Waals surface area contributed by atoms with Crippen molar-refractivity contribution < 1.29 is 17.9 Å². The number of ether oxygens (including phenoxy) is 2. The van der Waals surface area contributed by atoms with Crippen molar-refractivity contribution in [1.82, 2.24) is 0 Å². The molecule has 0 aliphatic carbocycles. The van der Waals surface area contributed by atoms with Crippen molar-refractivity contribution >= 4 is 19.7 Å². The maximum absolute atomic E-state index is 11.1. The highest BCUT2D eigenvalue weighted by Gasteiger charge is 2.14. The normalized spacial score (nSPS) is 19.5. The Morgan fingerprint density at radius 2 is 2.05 bits per heavy atom. The highest BCUT2D eigenvalue weighted by molar-refractivity contribution is 8.13. The maximum Gasteiger partial charge on any atom is 0.261 e. The zero-order valence-electron chi connectivity index (χ0n) is 10.5. The van der Waals surface area contributed by atoms with Crippen LogP contribution in [-0.4, -0.2) is 27.7 Å². The van der Waals surface area contributed by atoms with E-state index in [2.05, 4.69) is 0 Å². The summed E-state index contributed by atoms with van der Waals surface area (Å²) in [4.78, 5) is 0.0841. The summed E-state index contributed by atoms with van der Waals surface area (Å²) in [5.41, 5.74) is 0. The molecule has 1 unspecified atom stereocenters. The van der Waals surface area contributed by atoms with Gasteiger partial charge in [-0.2, -0.15) is 0 Å². The topological polar surface area (TPSA) is 52.6 Å². The quantitative estimate of drug-likeness (QED) is 0.599. The highest BCUT2D eigenvalue weighted by Crippen LogP contribution is 2.20. The lowest BCUT2D eigenvalue weighted by Gasteiger charge is -2.10. The van der Waals surface area contributed by atoms with Gasteiger partial charge in [-0.15, -0.1) is 0 Å². The third-order valence-corrected chi connectivity index (χ3v) is 4.44. The van der Waals surface area contributed by atoms with Crippen molar-refractivity contribution in [3.05, 3.63) is 24.3 Å². The zero-order chi connectivity index (χ0) is 13.7. The molecule has 0 aromatic heterocycles. The average Bonchev–Trinajstić information content (AvgIpc) is 2.87. The fourth-order valence-electron chi connectivity index (χ4n) is 2.07. The van der Waals surface area contributed by atoms with Gasteiger partial charge in [-0.1, -0.05) is 0 Å². The summed E-state index contributed by atoms with van der Waals surface area (Å²) in [5.74, 6) is 0.649. The Hall–Kier alpha value is -0.780. The van der Waals surface area contributed by atoms with E-state index in [1.54, 1.807) is 12.1 Å². The van der Waals surface area contributed by atoms with E-state index >= 15 is 0 Å². The van der Waals surface area contributed by atoms with E-state index < -0.39 is 9.05 Å². The Bertz CT molecular complexity index is 492. The summed E-state index contributed by atoms with van der Waals surface area (Å²) >= 11 is 0. The Morgan fingerprint density at radius 3 is 2.63 bits per heavy atom. The minimum Gasteiger partial charge on any atom is -0.494 e. The predicted molar refractivity (Wildman–Crippen MR) is 73.2 cm³/mol. The number of hydrogen-bond acceptors (Lipinski definition) is 4. The molecule has 1 aromatic rings. The van der Waals surface area contributed by atoms with Crippen LogP contribution in [0.2, 0.25) is 0 Å². The first kappa shape index (κ1) is 14.6. The molecule has 106 valence electrons. The average molecular weight is 305 g/mol. The lowest BCUT2D eigenvalue weighted by Crippen LogP contribution is -2.07. The van der Waals surface area contributed by atoms with Crippen molar-refractivity contribution in [2.24, 2.45) is 0 Å². The third kappa shape index (κ3) is 4.67. The Morgan fingerprint density at radius 1 is 1.32 bits per heavy atom. The van der Waals surface area contributed by atoms with E-state index in [-0.39, 0.29) is 4.90 Å². The largest absolute Gasteiger partial charge is 0.494 e. The lowest BCUT2D eigenvalue weighted by atomic mass is 10.1. The lowest BCUT2D eigenvalue weighted by molar-refractivity contribution is 0.0981. The van der Waals surface area contributed by atoms with Gasteiger partial charge < -0.3 is 9.47 Å². The van der Waals surface area contributed by atoms with Crippen LogP contribution in [-0.2, 0) is 13.8 Å². The van der Waals surface area contributed by atoms with Gasteiger partial charge >= 0.3 is 0 Å². The van der Waals surface area contributed by atoms with Gasteiger partial charge in [0.05, 0.1) is 17.6 Å². The summed E-state index contributed by atoms with van der Waals surface area (Å²) in [6.45, 7) is 1.48. The molecule has 2 rings (SSSR count). The molecule has 1 atom stereocenters. The Balaban J connectivity index is 1.74. The second kappa shape index (κ2) is 6.59. The summed E-state index contributed by atoms with van der Waals surface area (Å²) in [6, 6.07) is 6.11. The van der Waals surface area contributed by atoms with Crippen LogP contribution in [0, 0.1) is 0 Å². The molecule has 19 heavy (non-hydrogen) atoms. The second-order valence-electron chi connectivity index (χ2n) is 4.53. The van der Waals surface area contributed by atoms with Crippen molar-refractivity contribution in [3.63, 3.8) is 0 Å². The van der Waals surface area contributed by atoms with Crippen LogP contribution in [0.5, 0.6) is 5.75 Å². The minimum absolute atomic E-state index is 0.0841. The molecule has 1 aromatic carbocycles. The summed E-state index contributed by atoms with van der Waals surface area (Å²) in [6.07, 6.45) is 4.61. The van der Waals surface area contributed by atoms with Gasteiger partial charge in [0.1, 0.15) is 5.75 Å². The van der Waals surface area contributed by atoms with E-state index in [4.69, 9.17) is 20.2 Å². The Labute approximate surface area is 118 Å². The zero-order valence-corrected chi connectivity index (χ0v) is 12.1. The van der Waals surface area contributed by atoms with Crippen molar-refractivity contribution in [3.8, 4) is 5.75 Å². The number of benzene rings is 1. The van der Waals surface area contributed by atoms with Gasteiger partial charge in [-0.25, -0.2) is 8.42 Å². The SMILES string of the molecule is O=S(=O)(Cl)c1ccc(OCCCC2CCCO2)cc1. The molecule has 1 aliphatic rings. The fraction of sp³-hybridized carbons (Fsp3) is 0.538. The molecule has 4 nitrogen and oxygen atoms in total. The monoisotopic (exact) mass is 304 g/mol. The molecule has 1 fully saturated rings. The van der Waals surface area contributed by atoms with E-state index in [0.717, 1.165) is 32.3 Å². The van der Waals surface area contributed by atoms with Crippen LogP contribution in [0.3, 0.4) is 0 Å². The molecule has 0 radical (unpaired) electrons. The number of halogens is 1. The standard InChI is InChI=1S/C13H17ClO4S/c14-19(15,16)13-7-5-12(6-8-13)18-10-2-4-11-3-1-9-17-11/h5-8,11H,1-4,9-10H2. The molecule has 1 heterocycles. The minimum atomic E-state index is -3.66. The number of hydrogen-bond donors (Lipinski definition) is 0. The maximum atomic E-state index is 11.1. The van der Waals surface area contributed by atoms with Gasteiger partial charge in [0, 0.05) is 17.3 Å².